The largest absolute Gasteiger partial charge is 0.481 e. The summed E-state index contributed by atoms with van der Waals surface area (Å²) in [4.78, 5) is 51.8. The third-order valence-corrected chi connectivity index (χ3v) is 6.11. The molecule has 8 nitrogen and oxygen atoms in total. The minimum atomic E-state index is -0.541. The fourth-order valence-corrected chi connectivity index (χ4v) is 4.32. The lowest BCUT2D eigenvalue weighted by Crippen LogP contribution is -2.44. The summed E-state index contributed by atoms with van der Waals surface area (Å²) in [6.07, 6.45) is 4.48. The van der Waals surface area contributed by atoms with Gasteiger partial charge in [0.25, 0.3) is 11.1 Å². The summed E-state index contributed by atoms with van der Waals surface area (Å²) in [5, 5.41) is -0.483. The number of esters is 1. The Morgan fingerprint density at radius 3 is 2.63 bits per heavy atom. The summed E-state index contributed by atoms with van der Waals surface area (Å²) in [5.41, 5.74) is 0.515. The molecule has 160 valence electrons. The summed E-state index contributed by atoms with van der Waals surface area (Å²) in [6.45, 7) is 0.768. The fraction of sp³-hybridized carbons (Fsp3) is 0.400. The van der Waals surface area contributed by atoms with Crippen LogP contribution in [0.4, 0.5) is 4.79 Å². The van der Waals surface area contributed by atoms with E-state index in [0.29, 0.717) is 24.4 Å². The predicted octanol–water partition coefficient (Wildman–Crippen LogP) is 3.05. The predicted molar refractivity (Wildman–Crippen MR) is 115 cm³/mol. The van der Waals surface area contributed by atoms with Crippen LogP contribution < -0.4 is 4.74 Å². The number of benzene rings is 1. The molecule has 0 spiro atoms. The molecule has 10 heteroatoms. The number of carbonyl (C=O) groups excluding carboxylic acids is 4. The molecule has 1 aromatic rings. The molecule has 1 aromatic carbocycles. The van der Waals surface area contributed by atoms with Crippen molar-refractivity contribution in [1.82, 2.24) is 9.80 Å². The number of carbonyl (C=O) groups is 4. The number of imide groups is 1. The molecule has 0 bridgehead atoms. The molecule has 2 heterocycles. The van der Waals surface area contributed by atoms with Gasteiger partial charge in [0.15, 0.2) is 6.61 Å². The van der Waals surface area contributed by atoms with E-state index in [2.05, 4.69) is 20.7 Å². The minimum Gasteiger partial charge on any atom is -0.481 e. The standard InChI is InChI=1S/C20H21BrN2O6S/c1-28-18(25)12-29-15-6-5-14(21)9-13(15)10-16-19(26)23(20(27)30-16)11-17(24)22-7-3-2-4-8-22/h5-6,9-10H,2-4,7-8,11-12H2,1H3/b16-10-. The maximum absolute atomic E-state index is 12.8. The van der Waals surface area contributed by atoms with Crippen LogP contribution >= 0.6 is 27.7 Å². The number of halogens is 1. The van der Waals surface area contributed by atoms with E-state index in [1.165, 1.54) is 13.2 Å². The van der Waals surface area contributed by atoms with Gasteiger partial charge in [-0.2, -0.15) is 0 Å². The summed E-state index contributed by atoms with van der Waals surface area (Å²) in [7, 11) is 1.26. The molecule has 0 atom stereocenters. The van der Waals surface area contributed by atoms with Gasteiger partial charge in [0.2, 0.25) is 5.91 Å². The van der Waals surface area contributed by atoms with Crippen LogP contribution in [0.15, 0.2) is 27.6 Å². The zero-order chi connectivity index (χ0) is 21.7. The maximum Gasteiger partial charge on any atom is 0.343 e. The third-order valence-electron chi connectivity index (χ3n) is 4.71. The van der Waals surface area contributed by atoms with Crippen molar-refractivity contribution in [2.45, 2.75) is 19.3 Å². The Kier molecular flexibility index (Phi) is 7.54. The summed E-state index contributed by atoms with van der Waals surface area (Å²) < 4.78 is 10.8. The highest BCUT2D eigenvalue weighted by atomic mass is 79.9. The van der Waals surface area contributed by atoms with Gasteiger partial charge in [-0.05, 0) is 55.3 Å². The molecule has 2 fully saturated rings. The van der Waals surface area contributed by atoms with Crippen LogP contribution in [0.25, 0.3) is 6.08 Å². The lowest BCUT2D eigenvalue weighted by molar-refractivity contribution is -0.143. The zero-order valence-corrected chi connectivity index (χ0v) is 18.8. The van der Waals surface area contributed by atoms with E-state index in [1.807, 2.05) is 0 Å². The fourth-order valence-electron chi connectivity index (χ4n) is 3.12. The van der Waals surface area contributed by atoms with Crippen molar-refractivity contribution in [3.05, 3.63) is 33.1 Å². The first-order valence-corrected chi connectivity index (χ1v) is 11.0. The topological polar surface area (TPSA) is 93.2 Å². The molecular weight excluding hydrogens is 476 g/mol. The molecule has 0 aliphatic carbocycles. The highest BCUT2D eigenvalue weighted by Crippen LogP contribution is 2.35. The van der Waals surface area contributed by atoms with Crippen LogP contribution in [0.1, 0.15) is 24.8 Å². The van der Waals surface area contributed by atoms with E-state index in [-0.39, 0.29) is 24.0 Å². The first kappa shape index (κ1) is 22.4. The normalized spacial score (nSPS) is 18.1. The smallest absolute Gasteiger partial charge is 0.343 e. The average Bonchev–Trinajstić information content (AvgIpc) is 3.00. The lowest BCUT2D eigenvalue weighted by atomic mass is 10.1. The van der Waals surface area contributed by atoms with Crippen molar-refractivity contribution in [3.63, 3.8) is 0 Å². The van der Waals surface area contributed by atoms with E-state index in [9.17, 15) is 19.2 Å². The van der Waals surface area contributed by atoms with Crippen molar-refractivity contribution in [2.24, 2.45) is 0 Å². The third kappa shape index (κ3) is 5.42. The monoisotopic (exact) mass is 496 g/mol. The van der Waals surface area contributed by atoms with Crippen LogP contribution in [0.2, 0.25) is 0 Å². The maximum atomic E-state index is 12.8. The van der Waals surface area contributed by atoms with Gasteiger partial charge in [0, 0.05) is 23.1 Å². The number of methoxy groups -OCH3 is 1. The van der Waals surface area contributed by atoms with Gasteiger partial charge < -0.3 is 14.4 Å². The Morgan fingerprint density at radius 2 is 1.93 bits per heavy atom. The van der Waals surface area contributed by atoms with E-state index in [0.717, 1.165) is 40.4 Å². The van der Waals surface area contributed by atoms with Gasteiger partial charge in [-0.3, -0.25) is 19.3 Å². The molecule has 2 aliphatic heterocycles. The number of ether oxygens (including phenoxy) is 2. The van der Waals surface area contributed by atoms with Crippen molar-refractivity contribution in [2.75, 3.05) is 33.4 Å². The highest BCUT2D eigenvalue weighted by Gasteiger charge is 2.37. The Morgan fingerprint density at radius 1 is 1.20 bits per heavy atom. The molecule has 0 N–H and O–H groups in total. The second-order valence-electron chi connectivity index (χ2n) is 6.76. The molecule has 0 unspecified atom stereocenters. The Bertz CT molecular complexity index is 897. The number of likely N-dealkylation sites (tertiary alicyclic amines) is 1. The number of thioether (sulfide) groups is 1. The number of rotatable bonds is 6. The Hall–Kier alpha value is -2.33. The average molecular weight is 497 g/mol. The van der Waals surface area contributed by atoms with Crippen molar-refractivity contribution in [3.8, 4) is 5.75 Å². The summed E-state index contributed by atoms with van der Waals surface area (Å²) in [5.74, 6) is -0.919. The molecule has 30 heavy (non-hydrogen) atoms. The van der Waals surface area contributed by atoms with Crippen molar-refractivity contribution < 1.29 is 28.7 Å². The van der Waals surface area contributed by atoms with E-state index < -0.39 is 17.1 Å². The van der Waals surface area contributed by atoms with Crippen molar-refractivity contribution in [1.29, 1.82) is 0 Å². The van der Waals surface area contributed by atoms with Gasteiger partial charge in [-0.15, -0.1) is 0 Å². The van der Waals surface area contributed by atoms with Gasteiger partial charge in [0.1, 0.15) is 12.3 Å². The van der Waals surface area contributed by atoms with Gasteiger partial charge >= 0.3 is 5.97 Å². The molecule has 0 aromatic heterocycles. The molecule has 2 saturated heterocycles. The number of hydrogen-bond acceptors (Lipinski definition) is 7. The summed E-state index contributed by atoms with van der Waals surface area (Å²) >= 11 is 4.13. The first-order valence-electron chi connectivity index (χ1n) is 9.41. The number of hydrogen-bond donors (Lipinski definition) is 0. The van der Waals surface area contributed by atoms with Crippen LogP contribution in [-0.2, 0) is 19.1 Å². The molecule has 0 radical (unpaired) electrons. The van der Waals surface area contributed by atoms with E-state index in [1.54, 1.807) is 23.1 Å². The van der Waals surface area contributed by atoms with Crippen LogP contribution in [0.3, 0.4) is 0 Å². The molecule has 3 amide bonds. The van der Waals surface area contributed by atoms with Gasteiger partial charge in [-0.25, -0.2) is 4.79 Å². The minimum absolute atomic E-state index is 0.187. The second kappa shape index (κ2) is 10.1. The number of amides is 3. The van der Waals surface area contributed by atoms with E-state index >= 15 is 0 Å². The Labute approximate surface area is 186 Å². The second-order valence-corrected chi connectivity index (χ2v) is 8.67. The summed E-state index contributed by atoms with van der Waals surface area (Å²) in [6, 6.07) is 5.08. The van der Waals surface area contributed by atoms with Crippen LogP contribution in [-0.4, -0.2) is 66.2 Å². The lowest BCUT2D eigenvalue weighted by Gasteiger charge is -2.27. The van der Waals surface area contributed by atoms with Crippen molar-refractivity contribution >= 4 is 56.8 Å². The van der Waals surface area contributed by atoms with Crippen LogP contribution in [0, 0.1) is 0 Å². The van der Waals surface area contributed by atoms with Gasteiger partial charge in [-0.1, -0.05) is 15.9 Å². The zero-order valence-electron chi connectivity index (χ0n) is 16.4. The molecule has 3 rings (SSSR count). The first-order chi connectivity index (χ1) is 14.4. The van der Waals surface area contributed by atoms with Crippen LogP contribution in [0.5, 0.6) is 5.75 Å². The van der Waals surface area contributed by atoms with E-state index in [4.69, 9.17) is 4.74 Å². The SMILES string of the molecule is COC(=O)COc1ccc(Br)cc1/C=C1\SC(=O)N(CC(=O)N2CCCCC2)C1=O. The molecule has 0 saturated carbocycles. The van der Waals surface area contributed by atoms with Gasteiger partial charge in [0.05, 0.1) is 12.0 Å². The quantitative estimate of drug-likeness (QED) is 0.441. The Balaban J connectivity index is 1.75. The number of nitrogens with zero attached hydrogens (tertiary/aromatic N) is 2. The highest BCUT2D eigenvalue weighted by molar-refractivity contribution is 9.10. The number of piperidine rings is 1. The molecular formula is C20H21BrN2O6S. The molecule has 2 aliphatic rings.